The standard InChI is InChI=1S/C19H35NO4.C2HF3O2/c1-5-7-9-15(3)18(23-6-2)12-16(4)20-13-19(21)24-17-10-8-11-22-14-17;3-2(4,5)1(6)7/h15,17-18,20H,4-14H2,1-3H3;(H,6,7)/t15-,17+,18-;/m0./s1. The average Bonchev–Trinajstić information content (AvgIpc) is 2.70. The maximum atomic E-state index is 11.9. The van der Waals surface area contributed by atoms with E-state index in [2.05, 4.69) is 25.7 Å². The van der Waals surface area contributed by atoms with Crippen LogP contribution in [0.1, 0.15) is 59.3 Å². The number of halogens is 3. The van der Waals surface area contributed by atoms with Crippen LogP contribution in [0.5, 0.6) is 0 Å². The fourth-order valence-electron chi connectivity index (χ4n) is 2.89. The zero-order valence-corrected chi connectivity index (χ0v) is 18.6. The van der Waals surface area contributed by atoms with Crippen LogP contribution in [-0.2, 0) is 23.8 Å². The van der Waals surface area contributed by atoms with Gasteiger partial charge in [0.1, 0.15) is 12.6 Å². The predicted molar refractivity (Wildman–Crippen MR) is 109 cm³/mol. The number of esters is 1. The highest BCUT2D eigenvalue weighted by molar-refractivity contribution is 5.73. The zero-order chi connectivity index (χ0) is 23.9. The molecule has 1 heterocycles. The molecule has 1 aliphatic rings. The summed E-state index contributed by atoms with van der Waals surface area (Å²) in [5.41, 5.74) is 0.827. The first-order valence-corrected chi connectivity index (χ1v) is 10.6. The van der Waals surface area contributed by atoms with Gasteiger partial charge in [0.2, 0.25) is 0 Å². The number of carbonyl (C=O) groups is 2. The minimum atomic E-state index is -5.08. The molecule has 0 aliphatic carbocycles. The molecule has 2 N–H and O–H groups in total. The number of ether oxygens (including phenoxy) is 3. The quantitative estimate of drug-likeness (QED) is 0.429. The second kappa shape index (κ2) is 15.9. The molecule has 0 unspecified atom stereocenters. The Balaban J connectivity index is 0.00000110. The Hall–Kier alpha value is -1.81. The van der Waals surface area contributed by atoms with Crippen molar-refractivity contribution in [3.8, 4) is 0 Å². The van der Waals surface area contributed by atoms with Gasteiger partial charge in [0.15, 0.2) is 0 Å². The fourth-order valence-corrected chi connectivity index (χ4v) is 2.89. The summed E-state index contributed by atoms with van der Waals surface area (Å²) in [6, 6.07) is 0. The third kappa shape index (κ3) is 14.8. The number of unbranched alkanes of at least 4 members (excludes halogenated alkanes) is 1. The smallest absolute Gasteiger partial charge is 0.475 e. The molecule has 10 heteroatoms. The largest absolute Gasteiger partial charge is 0.490 e. The Bertz CT molecular complexity index is 536. The van der Waals surface area contributed by atoms with E-state index in [4.69, 9.17) is 24.1 Å². The molecule has 3 atom stereocenters. The lowest BCUT2D eigenvalue weighted by atomic mass is 9.95. The van der Waals surface area contributed by atoms with Gasteiger partial charge in [-0.05, 0) is 32.1 Å². The molecule has 1 saturated heterocycles. The number of carboxylic acids is 1. The van der Waals surface area contributed by atoms with Crippen LogP contribution in [0.15, 0.2) is 12.3 Å². The number of hydrogen-bond donors (Lipinski definition) is 2. The van der Waals surface area contributed by atoms with E-state index in [9.17, 15) is 18.0 Å². The van der Waals surface area contributed by atoms with Crippen LogP contribution in [0, 0.1) is 5.92 Å². The van der Waals surface area contributed by atoms with Gasteiger partial charge in [-0.25, -0.2) is 4.79 Å². The third-order valence-corrected chi connectivity index (χ3v) is 4.62. The minimum Gasteiger partial charge on any atom is -0.475 e. The molecule has 0 bridgehead atoms. The summed E-state index contributed by atoms with van der Waals surface area (Å²) in [6.45, 7) is 12.6. The molecule has 0 aromatic carbocycles. The van der Waals surface area contributed by atoms with Gasteiger partial charge >= 0.3 is 18.1 Å². The van der Waals surface area contributed by atoms with Crippen molar-refractivity contribution in [2.45, 2.75) is 77.7 Å². The van der Waals surface area contributed by atoms with Crippen LogP contribution in [0.2, 0.25) is 0 Å². The molecule has 31 heavy (non-hydrogen) atoms. The van der Waals surface area contributed by atoms with Crippen molar-refractivity contribution in [3.63, 3.8) is 0 Å². The Morgan fingerprint density at radius 2 is 1.97 bits per heavy atom. The van der Waals surface area contributed by atoms with Crippen LogP contribution < -0.4 is 5.32 Å². The Kier molecular flexibility index (Phi) is 15.0. The lowest BCUT2D eigenvalue weighted by Gasteiger charge is -2.25. The van der Waals surface area contributed by atoms with Gasteiger partial charge in [-0.3, -0.25) is 4.79 Å². The molecule has 0 aromatic heterocycles. The number of carbonyl (C=O) groups excluding carboxylic acids is 1. The van der Waals surface area contributed by atoms with E-state index in [0.29, 0.717) is 19.1 Å². The van der Waals surface area contributed by atoms with Gasteiger partial charge in [0.25, 0.3) is 0 Å². The Labute approximate surface area is 182 Å². The number of alkyl halides is 3. The lowest BCUT2D eigenvalue weighted by molar-refractivity contribution is -0.192. The van der Waals surface area contributed by atoms with E-state index in [1.807, 2.05) is 6.92 Å². The topological polar surface area (TPSA) is 94.1 Å². The van der Waals surface area contributed by atoms with Crippen molar-refractivity contribution in [2.75, 3.05) is 26.4 Å². The lowest BCUT2D eigenvalue weighted by Crippen LogP contribution is -2.33. The summed E-state index contributed by atoms with van der Waals surface area (Å²) in [6.07, 6.45) is 1.06. The molecular formula is C21H36F3NO6. The van der Waals surface area contributed by atoms with Crippen molar-refractivity contribution in [3.05, 3.63) is 12.3 Å². The van der Waals surface area contributed by atoms with Crippen LogP contribution in [0.3, 0.4) is 0 Å². The van der Waals surface area contributed by atoms with Crippen LogP contribution >= 0.6 is 0 Å². The van der Waals surface area contributed by atoms with E-state index in [1.165, 1.54) is 12.8 Å². The van der Waals surface area contributed by atoms with Crippen LogP contribution in [-0.4, -0.2) is 61.8 Å². The molecule has 1 rings (SSSR count). The molecule has 0 radical (unpaired) electrons. The summed E-state index contributed by atoms with van der Waals surface area (Å²) >= 11 is 0. The summed E-state index contributed by atoms with van der Waals surface area (Å²) in [5.74, 6) is -2.53. The number of hydrogen-bond acceptors (Lipinski definition) is 6. The second-order valence-electron chi connectivity index (χ2n) is 7.41. The normalized spacial score (nSPS) is 18.2. The highest BCUT2D eigenvalue weighted by Crippen LogP contribution is 2.20. The minimum absolute atomic E-state index is 0.105. The summed E-state index contributed by atoms with van der Waals surface area (Å²) in [5, 5.41) is 10.2. The van der Waals surface area contributed by atoms with Gasteiger partial charge in [-0.1, -0.05) is 33.3 Å². The number of aliphatic carboxylic acids is 1. The molecule has 182 valence electrons. The highest BCUT2D eigenvalue weighted by Gasteiger charge is 2.38. The fraction of sp³-hybridized carbons (Fsp3) is 0.810. The molecule has 0 spiro atoms. The molecule has 1 fully saturated rings. The van der Waals surface area contributed by atoms with E-state index in [0.717, 1.165) is 38.0 Å². The van der Waals surface area contributed by atoms with E-state index < -0.39 is 12.1 Å². The van der Waals surface area contributed by atoms with Gasteiger partial charge in [0, 0.05) is 25.3 Å². The monoisotopic (exact) mass is 455 g/mol. The van der Waals surface area contributed by atoms with Crippen LogP contribution in [0.25, 0.3) is 0 Å². The van der Waals surface area contributed by atoms with Gasteiger partial charge < -0.3 is 24.6 Å². The molecular weight excluding hydrogens is 419 g/mol. The second-order valence-corrected chi connectivity index (χ2v) is 7.41. The number of carboxylic acid groups (broad SMARTS) is 1. The summed E-state index contributed by atoms with van der Waals surface area (Å²) in [4.78, 5) is 20.8. The predicted octanol–water partition coefficient (Wildman–Crippen LogP) is 4.07. The molecule has 0 saturated carbocycles. The first-order valence-electron chi connectivity index (χ1n) is 10.6. The Morgan fingerprint density at radius 3 is 2.45 bits per heavy atom. The third-order valence-electron chi connectivity index (χ3n) is 4.62. The summed E-state index contributed by atoms with van der Waals surface area (Å²) < 4.78 is 48.3. The van der Waals surface area contributed by atoms with Crippen molar-refractivity contribution in [2.24, 2.45) is 5.92 Å². The Morgan fingerprint density at radius 1 is 1.32 bits per heavy atom. The maximum Gasteiger partial charge on any atom is 0.490 e. The van der Waals surface area contributed by atoms with E-state index >= 15 is 0 Å². The van der Waals surface area contributed by atoms with Gasteiger partial charge in [-0.15, -0.1) is 0 Å². The van der Waals surface area contributed by atoms with E-state index in [-0.39, 0.29) is 24.7 Å². The van der Waals surface area contributed by atoms with Crippen molar-refractivity contribution in [1.29, 1.82) is 0 Å². The molecule has 1 aliphatic heterocycles. The van der Waals surface area contributed by atoms with Crippen molar-refractivity contribution < 1.29 is 42.1 Å². The first-order chi connectivity index (χ1) is 14.5. The molecule has 7 nitrogen and oxygen atoms in total. The van der Waals surface area contributed by atoms with Crippen LogP contribution in [0.4, 0.5) is 13.2 Å². The SMILES string of the molecule is C=C(C[C@H](OCC)[C@@H](C)CCCC)NCC(=O)O[C@@H]1CCCOC1.O=C(O)C(F)(F)F. The van der Waals surface area contributed by atoms with Gasteiger partial charge in [-0.2, -0.15) is 13.2 Å². The molecule has 0 aromatic rings. The van der Waals surface area contributed by atoms with Gasteiger partial charge in [0.05, 0.1) is 12.7 Å². The number of nitrogens with one attached hydrogen (secondary N) is 1. The summed E-state index contributed by atoms with van der Waals surface area (Å²) in [7, 11) is 0. The zero-order valence-electron chi connectivity index (χ0n) is 18.6. The van der Waals surface area contributed by atoms with Crippen molar-refractivity contribution in [1.82, 2.24) is 5.32 Å². The average molecular weight is 456 g/mol. The highest BCUT2D eigenvalue weighted by atomic mass is 19.4. The van der Waals surface area contributed by atoms with E-state index in [1.54, 1.807) is 0 Å². The molecule has 0 amide bonds. The number of rotatable bonds is 12. The first kappa shape index (κ1) is 29.2. The maximum absolute atomic E-state index is 11.9. The van der Waals surface area contributed by atoms with Crippen molar-refractivity contribution >= 4 is 11.9 Å².